The van der Waals surface area contributed by atoms with E-state index < -0.39 is 0 Å². The van der Waals surface area contributed by atoms with Crippen molar-refractivity contribution in [2.75, 3.05) is 64.4 Å². The van der Waals surface area contributed by atoms with E-state index in [1.54, 1.807) is 14.0 Å². The average molecular weight is 473 g/mol. The molecule has 1 saturated heterocycles. The second-order valence-electron chi connectivity index (χ2n) is 9.97. The van der Waals surface area contributed by atoms with E-state index in [1.165, 1.54) is 19.3 Å². The maximum absolute atomic E-state index is 13.4. The van der Waals surface area contributed by atoms with Crippen molar-refractivity contribution >= 4 is 17.5 Å². The summed E-state index contributed by atoms with van der Waals surface area (Å²) in [6.45, 7) is 13.5. The van der Waals surface area contributed by atoms with Crippen molar-refractivity contribution in [3.05, 3.63) is 29.3 Å². The minimum atomic E-state index is 0.0701. The van der Waals surface area contributed by atoms with Gasteiger partial charge in [-0.2, -0.15) is 0 Å². The molecule has 1 fully saturated rings. The van der Waals surface area contributed by atoms with Crippen LogP contribution in [0.3, 0.4) is 0 Å². The van der Waals surface area contributed by atoms with Crippen LogP contribution in [0.5, 0.6) is 0 Å². The van der Waals surface area contributed by atoms with Crippen molar-refractivity contribution in [3.8, 4) is 0 Å². The standard InChI is InChI=1S/C27H44N4O3/c1-22(2)30-12-8-6-5-7-9-13-31(23(3)32)26-11-10-24(20-25(26)21-30)27(33)29-16-14-28(15-17-29)18-19-34-4/h10-11,20,22H,5-9,12-19,21H2,1-4H3. The quantitative estimate of drug-likeness (QED) is 0.655. The van der Waals surface area contributed by atoms with Crippen LogP contribution < -0.4 is 4.90 Å². The number of anilines is 1. The third-order valence-corrected chi connectivity index (χ3v) is 7.20. The Bertz CT molecular complexity index is 805. The van der Waals surface area contributed by atoms with Crippen molar-refractivity contribution in [2.45, 2.75) is 65.5 Å². The van der Waals surface area contributed by atoms with Crippen molar-refractivity contribution in [3.63, 3.8) is 0 Å². The van der Waals surface area contributed by atoms with E-state index in [0.717, 1.165) is 88.6 Å². The molecule has 0 bridgehead atoms. The smallest absolute Gasteiger partial charge is 0.253 e. The number of fused-ring (bicyclic) bond motifs is 1. The van der Waals surface area contributed by atoms with Crippen LogP contribution in [0.25, 0.3) is 0 Å². The molecule has 0 unspecified atom stereocenters. The van der Waals surface area contributed by atoms with Gasteiger partial charge in [-0.3, -0.25) is 19.4 Å². The minimum absolute atomic E-state index is 0.0701. The second kappa shape index (κ2) is 13.2. The highest BCUT2D eigenvalue weighted by Crippen LogP contribution is 2.27. The Morgan fingerprint density at radius 2 is 1.62 bits per heavy atom. The van der Waals surface area contributed by atoms with Gasteiger partial charge in [0.15, 0.2) is 0 Å². The molecule has 0 saturated carbocycles. The van der Waals surface area contributed by atoms with Gasteiger partial charge in [0.1, 0.15) is 0 Å². The number of benzene rings is 1. The molecule has 190 valence electrons. The number of hydrogen-bond donors (Lipinski definition) is 0. The summed E-state index contributed by atoms with van der Waals surface area (Å²) in [5, 5.41) is 0. The van der Waals surface area contributed by atoms with Gasteiger partial charge < -0.3 is 14.5 Å². The van der Waals surface area contributed by atoms with Gasteiger partial charge in [0.2, 0.25) is 5.91 Å². The molecule has 0 N–H and O–H groups in total. The van der Waals surface area contributed by atoms with E-state index in [4.69, 9.17) is 4.74 Å². The first-order chi connectivity index (χ1) is 16.4. The fourth-order valence-electron chi connectivity index (χ4n) is 4.99. The zero-order chi connectivity index (χ0) is 24.5. The lowest BCUT2D eigenvalue weighted by Crippen LogP contribution is -2.49. The van der Waals surface area contributed by atoms with Crippen LogP contribution in [0.4, 0.5) is 5.69 Å². The fourth-order valence-corrected chi connectivity index (χ4v) is 4.99. The van der Waals surface area contributed by atoms with Crippen LogP contribution in [0, 0.1) is 0 Å². The Morgan fingerprint density at radius 1 is 0.941 bits per heavy atom. The summed E-state index contributed by atoms with van der Waals surface area (Å²) in [7, 11) is 1.72. The first-order valence-electron chi connectivity index (χ1n) is 13.1. The maximum atomic E-state index is 13.4. The van der Waals surface area contributed by atoms with E-state index in [2.05, 4.69) is 23.6 Å². The predicted octanol–water partition coefficient (Wildman–Crippen LogP) is 3.62. The Hall–Kier alpha value is -1.96. The molecule has 3 rings (SSSR count). The fraction of sp³-hybridized carbons (Fsp3) is 0.704. The third-order valence-electron chi connectivity index (χ3n) is 7.20. The largest absolute Gasteiger partial charge is 0.383 e. The molecule has 2 amide bonds. The Labute approximate surface area is 206 Å². The Morgan fingerprint density at radius 3 is 2.26 bits per heavy atom. The van der Waals surface area contributed by atoms with E-state index in [-0.39, 0.29) is 11.8 Å². The van der Waals surface area contributed by atoms with Gasteiger partial charge in [-0.05, 0) is 57.0 Å². The number of amides is 2. The van der Waals surface area contributed by atoms with Crippen LogP contribution >= 0.6 is 0 Å². The van der Waals surface area contributed by atoms with Gasteiger partial charge in [0.05, 0.1) is 6.61 Å². The number of carbonyl (C=O) groups is 2. The van der Waals surface area contributed by atoms with Gasteiger partial charge in [0.25, 0.3) is 5.91 Å². The lowest BCUT2D eigenvalue weighted by atomic mass is 10.0. The van der Waals surface area contributed by atoms with E-state index >= 15 is 0 Å². The van der Waals surface area contributed by atoms with Crippen molar-refractivity contribution < 1.29 is 14.3 Å². The zero-order valence-electron chi connectivity index (χ0n) is 21.7. The molecule has 0 atom stereocenters. The topological polar surface area (TPSA) is 56.3 Å². The summed E-state index contributed by atoms with van der Waals surface area (Å²) < 4.78 is 5.19. The molecular formula is C27H44N4O3. The zero-order valence-corrected chi connectivity index (χ0v) is 21.7. The molecule has 0 aliphatic carbocycles. The first-order valence-corrected chi connectivity index (χ1v) is 13.1. The Kier molecular flexibility index (Phi) is 10.4. The number of ether oxygens (including phenoxy) is 1. The van der Waals surface area contributed by atoms with Gasteiger partial charge in [0, 0.05) is 77.1 Å². The molecule has 0 spiro atoms. The SMILES string of the molecule is COCCN1CCN(C(=O)c2ccc3c(c2)CN(C(C)C)CCCCCCCN3C(C)=O)CC1. The van der Waals surface area contributed by atoms with Crippen molar-refractivity contribution in [2.24, 2.45) is 0 Å². The van der Waals surface area contributed by atoms with Gasteiger partial charge in [-0.15, -0.1) is 0 Å². The van der Waals surface area contributed by atoms with Crippen LogP contribution in [-0.4, -0.2) is 92.1 Å². The van der Waals surface area contributed by atoms with Gasteiger partial charge in [-0.1, -0.05) is 19.3 Å². The van der Waals surface area contributed by atoms with Crippen molar-refractivity contribution in [1.82, 2.24) is 14.7 Å². The predicted molar refractivity (Wildman–Crippen MR) is 137 cm³/mol. The summed E-state index contributed by atoms with van der Waals surface area (Å²) in [6.07, 6.45) is 5.80. The highest BCUT2D eigenvalue weighted by Gasteiger charge is 2.25. The lowest BCUT2D eigenvalue weighted by Gasteiger charge is -2.35. The number of piperazine rings is 1. The Balaban J connectivity index is 1.84. The molecule has 1 aromatic rings. The summed E-state index contributed by atoms with van der Waals surface area (Å²) in [5.74, 6) is 0.159. The molecule has 0 radical (unpaired) electrons. The number of carbonyl (C=O) groups excluding carboxylic acids is 2. The van der Waals surface area contributed by atoms with Crippen LogP contribution in [0.1, 0.15) is 68.8 Å². The minimum Gasteiger partial charge on any atom is -0.383 e. The molecule has 2 aliphatic rings. The molecule has 0 aromatic heterocycles. The third kappa shape index (κ3) is 7.27. The average Bonchev–Trinajstić information content (AvgIpc) is 2.82. The summed E-state index contributed by atoms with van der Waals surface area (Å²) >= 11 is 0. The highest BCUT2D eigenvalue weighted by atomic mass is 16.5. The summed E-state index contributed by atoms with van der Waals surface area (Å²) in [4.78, 5) is 34.7. The molecule has 2 heterocycles. The van der Waals surface area contributed by atoms with Crippen LogP contribution in [-0.2, 0) is 16.1 Å². The molecule has 2 aliphatic heterocycles. The van der Waals surface area contributed by atoms with E-state index in [1.807, 2.05) is 28.0 Å². The maximum Gasteiger partial charge on any atom is 0.253 e. The first kappa shape index (κ1) is 26.6. The molecule has 34 heavy (non-hydrogen) atoms. The molecule has 1 aromatic carbocycles. The number of methoxy groups -OCH3 is 1. The normalized spacial score (nSPS) is 19.4. The highest BCUT2D eigenvalue weighted by molar-refractivity contribution is 5.97. The summed E-state index contributed by atoms with van der Waals surface area (Å²) in [6, 6.07) is 6.37. The second-order valence-corrected chi connectivity index (χ2v) is 9.97. The number of rotatable bonds is 5. The van der Waals surface area contributed by atoms with Crippen molar-refractivity contribution in [1.29, 1.82) is 0 Å². The van der Waals surface area contributed by atoms with Crippen LogP contribution in [0.15, 0.2) is 18.2 Å². The van der Waals surface area contributed by atoms with Crippen LogP contribution in [0.2, 0.25) is 0 Å². The monoisotopic (exact) mass is 472 g/mol. The van der Waals surface area contributed by atoms with E-state index in [0.29, 0.717) is 6.04 Å². The van der Waals surface area contributed by atoms with Gasteiger partial charge >= 0.3 is 0 Å². The molecular weight excluding hydrogens is 428 g/mol. The van der Waals surface area contributed by atoms with E-state index in [9.17, 15) is 9.59 Å². The number of nitrogens with zero attached hydrogens (tertiary/aromatic N) is 4. The summed E-state index contributed by atoms with van der Waals surface area (Å²) in [5.41, 5.74) is 2.76. The lowest BCUT2D eigenvalue weighted by molar-refractivity contribution is -0.116. The van der Waals surface area contributed by atoms with Gasteiger partial charge in [-0.25, -0.2) is 0 Å². The number of hydrogen-bond acceptors (Lipinski definition) is 5. The molecule has 7 nitrogen and oxygen atoms in total. The molecule has 7 heteroatoms.